The number of sulfonamides is 1. The minimum Gasteiger partial charge on any atom is -0.309 e. The highest BCUT2D eigenvalue weighted by atomic mass is 32.2. The molecule has 1 aliphatic carbocycles. The van der Waals surface area contributed by atoms with Crippen LogP contribution in [0.25, 0.3) is 0 Å². The van der Waals surface area contributed by atoms with Crippen molar-refractivity contribution >= 4 is 21.6 Å². The van der Waals surface area contributed by atoms with Gasteiger partial charge in [-0.1, -0.05) is 13.3 Å². The molecule has 1 amide bonds. The lowest BCUT2D eigenvalue weighted by atomic mass is 9.84. The normalized spacial score (nSPS) is 21.1. The van der Waals surface area contributed by atoms with Crippen molar-refractivity contribution in [1.82, 2.24) is 4.72 Å². The van der Waals surface area contributed by atoms with Gasteiger partial charge in [0, 0.05) is 23.2 Å². The Morgan fingerprint density at radius 1 is 1.32 bits per heavy atom. The van der Waals surface area contributed by atoms with E-state index < -0.39 is 15.6 Å². The fraction of sp³-hybridized carbons (Fsp3) is 0.632. The Hall–Kier alpha value is -1.40. The largest absolute Gasteiger partial charge is 0.309 e. The van der Waals surface area contributed by atoms with Gasteiger partial charge in [0.2, 0.25) is 15.9 Å². The highest BCUT2D eigenvalue weighted by molar-refractivity contribution is 7.89. The van der Waals surface area contributed by atoms with Crippen LogP contribution in [0, 0.1) is 5.92 Å². The van der Waals surface area contributed by atoms with Crippen molar-refractivity contribution in [2.24, 2.45) is 5.92 Å². The third-order valence-corrected chi connectivity index (χ3v) is 7.26. The molecule has 1 fully saturated rings. The van der Waals surface area contributed by atoms with Gasteiger partial charge in [-0.15, -0.1) is 0 Å². The van der Waals surface area contributed by atoms with Crippen LogP contribution in [0.2, 0.25) is 0 Å². The number of nitrogens with zero attached hydrogens (tertiary/aromatic N) is 1. The van der Waals surface area contributed by atoms with Gasteiger partial charge >= 0.3 is 0 Å². The zero-order chi connectivity index (χ0) is 18.4. The first kappa shape index (κ1) is 18.4. The molecule has 3 rings (SSSR count). The maximum Gasteiger partial charge on any atom is 0.241 e. The number of hydrogen-bond acceptors (Lipinski definition) is 3. The van der Waals surface area contributed by atoms with E-state index in [0.717, 1.165) is 30.5 Å². The standard InChI is InChI=1S/C19H28N2O3S/c1-5-19(3,4)20-25(23,24)16-9-10-17-15(12-16)11-13(2)21(17)18(22)14-7-6-8-14/h9-10,12-14,20H,5-8,11H2,1-4H3. The summed E-state index contributed by atoms with van der Waals surface area (Å²) >= 11 is 0. The van der Waals surface area contributed by atoms with E-state index >= 15 is 0 Å². The molecule has 0 radical (unpaired) electrons. The summed E-state index contributed by atoms with van der Waals surface area (Å²) in [6.45, 7) is 7.73. The van der Waals surface area contributed by atoms with Gasteiger partial charge < -0.3 is 4.90 Å². The van der Waals surface area contributed by atoms with Crippen LogP contribution in [0.5, 0.6) is 0 Å². The number of hydrogen-bond donors (Lipinski definition) is 1. The van der Waals surface area contributed by atoms with Gasteiger partial charge in [0.25, 0.3) is 0 Å². The predicted molar refractivity (Wildman–Crippen MR) is 99.1 cm³/mol. The Balaban J connectivity index is 1.88. The highest BCUT2D eigenvalue weighted by Crippen LogP contribution is 2.38. The van der Waals surface area contributed by atoms with Gasteiger partial charge in [-0.2, -0.15) is 0 Å². The van der Waals surface area contributed by atoms with E-state index in [1.807, 2.05) is 32.6 Å². The van der Waals surface area contributed by atoms with Crippen LogP contribution in [0.1, 0.15) is 58.9 Å². The third-order valence-electron chi connectivity index (χ3n) is 5.56. The second-order valence-corrected chi connectivity index (χ2v) is 9.71. The number of anilines is 1. The minimum absolute atomic E-state index is 0.0843. The van der Waals surface area contributed by atoms with Gasteiger partial charge in [0.1, 0.15) is 0 Å². The maximum absolute atomic E-state index is 12.7. The quantitative estimate of drug-likeness (QED) is 0.872. The van der Waals surface area contributed by atoms with E-state index in [2.05, 4.69) is 4.72 Å². The van der Waals surface area contributed by atoms with Gasteiger partial charge in [-0.25, -0.2) is 13.1 Å². The Morgan fingerprint density at radius 2 is 2.00 bits per heavy atom. The molecule has 6 heteroatoms. The average Bonchev–Trinajstić information content (AvgIpc) is 2.79. The Bertz CT molecular complexity index is 782. The smallest absolute Gasteiger partial charge is 0.241 e. The predicted octanol–water partition coefficient (Wildman–Crippen LogP) is 3.23. The van der Waals surface area contributed by atoms with Gasteiger partial charge in [-0.05, 0) is 70.2 Å². The summed E-state index contributed by atoms with van der Waals surface area (Å²) in [4.78, 5) is 14.9. The second kappa shape index (κ2) is 6.40. The highest BCUT2D eigenvalue weighted by Gasteiger charge is 2.37. The second-order valence-electron chi connectivity index (χ2n) is 8.02. The molecule has 1 aromatic rings. The number of nitrogens with one attached hydrogen (secondary N) is 1. The molecule has 2 aliphatic rings. The minimum atomic E-state index is -3.57. The maximum atomic E-state index is 12.7. The monoisotopic (exact) mass is 364 g/mol. The average molecular weight is 365 g/mol. The summed E-state index contributed by atoms with van der Waals surface area (Å²) in [6, 6.07) is 5.23. The first-order valence-electron chi connectivity index (χ1n) is 9.14. The topological polar surface area (TPSA) is 66.5 Å². The Kier molecular flexibility index (Phi) is 4.71. The van der Waals surface area contributed by atoms with Crippen LogP contribution in [0.15, 0.2) is 23.1 Å². The van der Waals surface area contributed by atoms with E-state index in [1.54, 1.807) is 18.2 Å². The first-order chi connectivity index (χ1) is 11.6. The van der Waals surface area contributed by atoms with E-state index in [9.17, 15) is 13.2 Å². The molecule has 0 bridgehead atoms. The van der Waals surface area contributed by atoms with Crippen LogP contribution in [0.3, 0.4) is 0 Å². The molecule has 1 atom stereocenters. The van der Waals surface area contributed by atoms with Gasteiger partial charge in [0.15, 0.2) is 0 Å². The van der Waals surface area contributed by atoms with Crippen molar-refractivity contribution in [3.05, 3.63) is 23.8 Å². The van der Waals surface area contributed by atoms with Crippen LogP contribution >= 0.6 is 0 Å². The molecular formula is C19H28N2O3S. The third kappa shape index (κ3) is 3.47. The molecule has 0 saturated heterocycles. The van der Waals surface area contributed by atoms with Crippen LogP contribution in [-0.4, -0.2) is 25.9 Å². The fourth-order valence-electron chi connectivity index (χ4n) is 3.46. The Labute approximate surface area is 150 Å². The molecule has 1 N–H and O–H groups in total. The molecule has 0 aromatic heterocycles. The van der Waals surface area contributed by atoms with E-state index in [1.165, 1.54) is 0 Å². The summed E-state index contributed by atoms with van der Waals surface area (Å²) in [5, 5.41) is 0. The number of rotatable bonds is 5. The van der Waals surface area contributed by atoms with Crippen LogP contribution in [-0.2, 0) is 21.2 Å². The number of carbonyl (C=O) groups is 1. The zero-order valence-electron chi connectivity index (χ0n) is 15.5. The Morgan fingerprint density at radius 3 is 2.56 bits per heavy atom. The lowest BCUT2D eigenvalue weighted by Gasteiger charge is -2.32. The van der Waals surface area contributed by atoms with Gasteiger partial charge in [-0.3, -0.25) is 4.79 Å². The van der Waals surface area contributed by atoms with Crippen molar-refractivity contribution in [2.45, 2.75) is 76.3 Å². The molecule has 5 nitrogen and oxygen atoms in total. The van der Waals surface area contributed by atoms with Crippen LogP contribution in [0.4, 0.5) is 5.69 Å². The summed E-state index contributed by atoms with van der Waals surface area (Å²) in [5.41, 5.74) is 1.33. The molecule has 1 saturated carbocycles. The summed E-state index contributed by atoms with van der Waals surface area (Å²) in [6.07, 6.45) is 4.48. The SMILES string of the molecule is CCC(C)(C)NS(=O)(=O)c1ccc2c(c1)CC(C)N2C(=O)C1CCC1. The van der Waals surface area contributed by atoms with E-state index in [-0.39, 0.29) is 22.8 Å². The molecule has 1 aliphatic heterocycles. The molecule has 25 heavy (non-hydrogen) atoms. The van der Waals surface area contributed by atoms with Crippen molar-refractivity contribution < 1.29 is 13.2 Å². The molecule has 0 spiro atoms. The summed E-state index contributed by atoms with van der Waals surface area (Å²) in [7, 11) is -3.57. The fourth-order valence-corrected chi connectivity index (χ4v) is 4.99. The van der Waals surface area contributed by atoms with Crippen molar-refractivity contribution in [1.29, 1.82) is 0 Å². The lowest BCUT2D eigenvalue weighted by molar-refractivity contribution is -0.125. The molecule has 138 valence electrons. The van der Waals surface area contributed by atoms with Crippen molar-refractivity contribution in [3.8, 4) is 0 Å². The molecule has 1 heterocycles. The number of carbonyl (C=O) groups excluding carboxylic acids is 1. The van der Waals surface area contributed by atoms with E-state index in [4.69, 9.17) is 0 Å². The molecule has 1 aromatic carbocycles. The summed E-state index contributed by atoms with van der Waals surface area (Å²) in [5.74, 6) is 0.335. The molecule has 1 unspecified atom stereocenters. The molecular weight excluding hydrogens is 336 g/mol. The van der Waals surface area contributed by atoms with E-state index in [0.29, 0.717) is 12.8 Å². The summed E-state index contributed by atoms with van der Waals surface area (Å²) < 4.78 is 28.1. The number of benzene rings is 1. The lowest BCUT2D eigenvalue weighted by Crippen LogP contribution is -2.42. The van der Waals surface area contributed by atoms with Crippen LogP contribution < -0.4 is 9.62 Å². The first-order valence-corrected chi connectivity index (χ1v) is 10.6. The number of amides is 1. The zero-order valence-corrected chi connectivity index (χ0v) is 16.3. The van der Waals surface area contributed by atoms with Crippen molar-refractivity contribution in [2.75, 3.05) is 4.90 Å². The van der Waals surface area contributed by atoms with Gasteiger partial charge in [0.05, 0.1) is 4.90 Å². The number of fused-ring (bicyclic) bond motifs is 1. The van der Waals surface area contributed by atoms with Crippen molar-refractivity contribution in [3.63, 3.8) is 0 Å².